The minimum atomic E-state index is 0.331. The zero-order chi connectivity index (χ0) is 22.2. The molecule has 33 heavy (non-hydrogen) atoms. The SMILES string of the molecule is CCCCC(c1c2ccccc2cc2ccccc12)c1c2ccccc2cc2ccccc12. The molecule has 0 heterocycles. The van der Waals surface area contributed by atoms with E-state index in [4.69, 9.17) is 0 Å². The summed E-state index contributed by atoms with van der Waals surface area (Å²) in [7, 11) is 0. The molecule has 0 aromatic heterocycles. The van der Waals surface area contributed by atoms with Gasteiger partial charge >= 0.3 is 0 Å². The Morgan fingerprint density at radius 1 is 0.485 bits per heavy atom. The summed E-state index contributed by atoms with van der Waals surface area (Å²) in [5, 5.41) is 10.9. The van der Waals surface area contributed by atoms with E-state index in [9.17, 15) is 0 Å². The summed E-state index contributed by atoms with van der Waals surface area (Å²) < 4.78 is 0. The Morgan fingerprint density at radius 2 is 0.818 bits per heavy atom. The number of hydrogen-bond donors (Lipinski definition) is 0. The third kappa shape index (κ3) is 3.38. The molecular formula is C33H28. The third-order valence-electron chi connectivity index (χ3n) is 7.17. The summed E-state index contributed by atoms with van der Waals surface area (Å²) in [6.07, 6.45) is 3.55. The van der Waals surface area contributed by atoms with Crippen molar-refractivity contribution in [2.45, 2.75) is 32.1 Å². The van der Waals surface area contributed by atoms with E-state index in [0.29, 0.717) is 5.92 Å². The second-order valence-electron chi connectivity index (χ2n) is 9.16. The molecule has 0 atom stereocenters. The van der Waals surface area contributed by atoms with Crippen LogP contribution in [0.15, 0.2) is 109 Å². The molecule has 0 aliphatic rings. The van der Waals surface area contributed by atoms with Crippen molar-refractivity contribution in [2.75, 3.05) is 0 Å². The van der Waals surface area contributed by atoms with Gasteiger partial charge in [0, 0.05) is 5.92 Å². The maximum atomic E-state index is 2.35. The van der Waals surface area contributed by atoms with Crippen LogP contribution in [0.1, 0.15) is 43.2 Å². The van der Waals surface area contributed by atoms with Crippen molar-refractivity contribution in [2.24, 2.45) is 0 Å². The molecule has 6 rings (SSSR count). The predicted octanol–water partition coefficient (Wildman–Crippen LogP) is 9.62. The highest BCUT2D eigenvalue weighted by Gasteiger charge is 2.23. The number of fused-ring (bicyclic) bond motifs is 4. The molecule has 0 saturated carbocycles. The molecule has 0 heteroatoms. The summed E-state index contributed by atoms with van der Waals surface area (Å²) in [4.78, 5) is 0. The van der Waals surface area contributed by atoms with Gasteiger partial charge in [0.1, 0.15) is 0 Å². The first kappa shape index (κ1) is 20.0. The molecule has 0 spiro atoms. The molecule has 0 unspecified atom stereocenters. The molecule has 0 saturated heterocycles. The van der Waals surface area contributed by atoms with E-state index in [1.54, 1.807) is 0 Å². The first-order valence-electron chi connectivity index (χ1n) is 12.2. The Bertz CT molecular complexity index is 1380. The van der Waals surface area contributed by atoms with Crippen molar-refractivity contribution in [1.82, 2.24) is 0 Å². The fraction of sp³-hybridized carbons (Fsp3) is 0.152. The van der Waals surface area contributed by atoms with Crippen LogP contribution in [0.2, 0.25) is 0 Å². The smallest absolute Gasteiger partial charge is 0.0114 e. The van der Waals surface area contributed by atoms with Crippen molar-refractivity contribution in [3.05, 3.63) is 120 Å². The normalized spacial score (nSPS) is 11.8. The molecule has 0 bridgehead atoms. The molecule has 0 nitrogen and oxygen atoms in total. The summed E-state index contributed by atoms with van der Waals surface area (Å²) in [5.41, 5.74) is 2.97. The van der Waals surface area contributed by atoms with E-state index in [1.807, 2.05) is 0 Å². The second kappa shape index (κ2) is 8.37. The third-order valence-corrected chi connectivity index (χ3v) is 7.17. The van der Waals surface area contributed by atoms with Crippen LogP contribution in [0.3, 0.4) is 0 Å². The summed E-state index contributed by atoms with van der Waals surface area (Å²) in [6, 6.07) is 40.5. The van der Waals surface area contributed by atoms with Crippen molar-refractivity contribution in [1.29, 1.82) is 0 Å². The lowest BCUT2D eigenvalue weighted by molar-refractivity contribution is 0.661. The average Bonchev–Trinajstić information content (AvgIpc) is 2.87. The Kier molecular flexibility index (Phi) is 5.07. The van der Waals surface area contributed by atoms with Crippen LogP contribution in [0.25, 0.3) is 43.1 Å². The van der Waals surface area contributed by atoms with Gasteiger partial charge in [0.15, 0.2) is 0 Å². The topological polar surface area (TPSA) is 0 Å². The van der Waals surface area contributed by atoms with Crippen molar-refractivity contribution in [3.63, 3.8) is 0 Å². The standard InChI is InChI=1S/C33H28/c1-2-3-16-31(32-27-17-8-4-12-23(27)21-24-13-5-9-18-28(24)32)33-29-19-10-6-14-25(29)22-26-15-7-11-20-30(26)33/h4-15,17-22,31H,2-3,16H2,1H3. The number of benzene rings is 6. The van der Waals surface area contributed by atoms with Crippen LogP contribution < -0.4 is 0 Å². The van der Waals surface area contributed by atoms with Crippen LogP contribution in [-0.2, 0) is 0 Å². The lowest BCUT2D eigenvalue weighted by Gasteiger charge is -2.25. The molecule has 0 amide bonds. The zero-order valence-electron chi connectivity index (χ0n) is 19.1. The molecule has 160 valence electrons. The van der Waals surface area contributed by atoms with E-state index in [0.717, 1.165) is 6.42 Å². The van der Waals surface area contributed by atoms with Crippen molar-refractivity contribution < 1.29 is 0 Å². The van der Waals surface area contributed by atoms with Crippen molar-refractivity contribution in [3.8, 4) is 0 Å². The van der Waals surface area contributed by atoms with Gasteiger partial charge in [-0.25, -0.2) is 0 Å². The fourth-order valence-corrected chi connectivity index (χ4v) is 5.69. The molecule has 0 aliphatic heterocycles. The molecule has 0 fully saturated rings. The molecular weight excluding hydrogens is 396 g/mol. The van der Waals surface area contributed by atoms with Gasteiger partial charge in [-0.2, -0.15) is 0 Å². The highest BCUT2D eigenvalue weighted by Crippen LogP contribution is 2.44. The van der Waals surface area contributed by atoms with Gasteiger partial charge in [-0.1, -0.05) is 117 Å². The lowest BCUT2D eigenvalue weighted by atomic mass is 9.78. The van der Waals surface area contributed by atoms with E-state index in [2.05, 4.69) is 116 Å². The Labute approximate surface area is 195 Å². The maximum absolute atomic E-state index is 2.35. The Balaban J connectivity index is 1.78. The Hall–Kier alpha value is -3.64. The molecule has 0 aliphatic carbocycles. The largest absolute Gasteiger partial charge is 0.0654 e. The molecule has 0 N–H and O–H groups in total. The highest BCUT2D eigenvalue weighted by atomic mass is 14.3. The molecule has 6 aromatic rings. The van der Waals surface area contributed by atoms with Crippen LogP contribution in [-0.4, -0.2) is 0 Å². The van der Waals surface area contributed by atoms with Gasteiger partial charge in [0.25, 0.3) is 0 Å². The number of unbranched alkanes of at least 4 members (excludes halogenated alkanes) is 1. The number of rotatable bonds is 5. The van der Waals surface area contributed by atoms with Crippen molar-refractivity contribution >= 4 is 43.1 Å². The minimum Gasteiger partial charge on any atom is -0.0654 e. The van der Waals surface area contributed by atoms with Gasteiger partial charge in [-0.3, -0.25) is 0 Å². The average molecular weight is 425 g/mol. The minimum absolute atomic E-state index is 0.331. The summed E-state index contributed by atoms with van der Waals surface area (Å²) >= 11 is 0. The van der Waals surface area contributed by atoms with E-state index in [1.165, 1.54) is 67.1 Å². The van der Waals surface area contributed by atoms with Gasteiger partial charge in [0.05, 0.1) is 0 Å². The maximum Gasteiger partial charge on any atom is 0.0114 e. The predicted molar refractivity (Wildman–Crippen MR) is 144 cm³/mol. The monoisotopic (exact) mass is 424 g/mol. The van der Waals surface area contributed by atoms with E-state index < -0.39 is 0 Å². The van der Waals surface area contributed by atoms with Crippen LogP contribution in [0.4, 0.5) is 0 Å². The van der Waals surface area contributed by atoms with E-state index >= 15 is 0 Å². The van der Waals surface area contributed by atoms with Crippen LogP contribution >= 0.6 is 0 Å². The van der Waals surface area contributed by atoms with Gasteiger partial charge in [-0.05, 0) is 72.8 Å². The van der Waals surface area contributed by atoms with Gasteiger partial charge in [0.2, 0.25) is 0 Å². The summed E-state index contributed by atoms with van der Waals surface area (Å²) in [6.45, 7) is 2.31. The second-order valence-corrected chi connectivity index (χ2v) is 9.16. The first-order valence-corrected chi connectivity index (χ1v) is 12.2. The van der Waals surface area contributed by atoms with Crippen LogP contribution in [0, 0.1) is 0 Å². The number of hydrogen-bond acceptors (Lipinski definition) is 0. The van der Waals surface area contributed by atoms with Gasteiger partial charge < -0.3 is 0 Å². The van der Waals surface area contributed by atoms with Gasteiger partial charge in [-0.15, -0.1) is 0 Å². The molecule has 0 radical (unpaired) electrons. The zero-order valence-corrected chi connectivity index (χ0v) is 19.1. The first-order chi connectivity index (χ1) is 16.3. The van der Waals surface area contributed by atoms with E-state index in [-0.39, 0.29) is 0 Å². The summed E-state index contributed by atoms with van der Waals surface area (Å²) in [5.74, 6) is 0.331. The lowest BCUT2D eigenvalue weighted by Crippen LogP contribution is -2.06. The van der Waals surface area contributed by atoms with Crippen LogP contribution in [0.5, 0.6) is 0 Å². The quantitative estimate of drug-likeness (QED) is 0.242. The molecule has 6 aromatic carbocycles. The fourth-order valence-electron chi connectivity index (χ4n) is 5.69. The Morgan fingerprint density at radius 3 is 1.15 bits per heavy atom. The highest BCUT2D eigenvalue weighted by molar-refractivity contribution is 6.07.